The lowest BCUT2D eigenvalue weighted by Gasteiger charge is -2.28. The minimum atomic E-state index is -2.17. The number of rotatable bonds is 6. The van der Waals surface area contributed by atoms with Crippen LogP contribution < -0.4 is 5.73 Å². The van der Waals surface area contributed by atoms with Crippen LogP contribution in [0, 0.1) is 0 Å². The van der Waals surface area contributed by atoms with Crippen molar-refractivity contribution < 1.29 is 29.0 Å². The number of carbonyl (C=O) groups excluding carboxylic acids is 2. The van der Waals surface area contributed by atoms with Gasteiger partial charge in [0.2, 0.25) is 5.54 Å². The zero-order chi connectivity index (χ0) is 17.8. The normalized spacial score (nSPS) is 14.9. The van der Waals surface area contributed by atoms with Gasteiger partial charge in [0.25, 0.3) is 0 Å². The quantitative estimate of drug-likeness (QED) is 0.565. The molecule has 0 aliphatic rings. The van der Waals surface area contributed by atoms with Crippen LogP contribution in [0.25, 0.3) is 0 Å². The highest BCUT2D eigenvalue weighted by Crippen LogP contribution is 2.19. The van der Waals surface area contributed by atoms with Crippen molar-refractivity contribution in [2.75, 3.05) is 0 Å². The van der Waals surface area contributed by atoms with Gasteiger partial charge in [-0.1, -0.05) is 0 Å². The molecule has 0 aromatic rings. The fraction of sp³-hybridized carbons (Fsp3) is 0.800. The Morgan fingerprint density at radius 3 is 1.77 bits per heavy atom. The number of aliphatic carboxylic acids is 1. The molecule has 7 heteroatoms. The summed E-state index contributed by atoms with van der Waals surface area (Å²) >= 11 is 0. The fourth-order valence-corrected chi connectivity index (χ4v) is 1.57. The van der Waals surface area contributed by atoms with Gasteiger partial charge in [-0.15, -0.1) is 0 Å². The molecule has 0 radical (unpaired) electrons. The Kier molecular flexibility index (Phi) is 6.56. The van der Waals surface area contributed by atoms with Crippen molar-refractivity contribution in [3.63, 3.8) is 0 Å². The lowest BCUT2D eigenvalue weighted by atomic mass is 9.93. The van der Waals surface area contributed by atoms with Crippen molar-refractivity contribution in [1.29, 1.82) is 0 Å². The molecule has 0 aliphatic carbocycles. The van der Waals surface area contributed by atoms with Gasteiger partial charge in [0.05, 0.1) is 0 Å². The van der Waals surface area contributed by atoms with Gasteiger partial charge in [-0.25, -0.2) is 9.59 Å². The highest BCUT2D eigenvalue weighted by atomic mass is 16.6. The van der Waals surface area contributed by atoms with E-state index in [4.69, 9.17) is 15.2 Å². The summed E-state index contributed by atoms with van der Waals surface area (Å²) in [6, 6.07) is 0. The predicted octanol–water partition coefficient (Wildman–Crippen LogP) is 1.62. The maximum absolute atomic E-state index is 12.0. The van der Waals surface area contributed by atoms with Crippen LogP contribution in [-0.2, 0) is 23.9 Å². The van der Waals surface area contributed by atoms with Crippen molar-refractivity contribution >= 4 is 17.9 Å². The van der Waals surface area contributed by atoms with Gasteiger partial charge < -0.3 is 20.3 Å². The van der Waals surface area contributed by atoms with Gasteiger partial charge in [-0.05, 0) is 54.4 Å². The second-order valence-corrected chi connectivity index (χ2v) is 7.22. The average Bonchev–Trinajstić information content (AvgIpc) is 2.23. The van der Waals surface area contributed by atoms with Crippen molar-refractivity contribution in [2.45, 2.75) is 77.5 Å². The van der Waals surface area contributed by atoms with Gasteiger partial charge in [-0.2, -0.15) is 0 Å². The van der Waals surface area contributed by atoms with Crippen LogP contribution in [0.4, 0.5) is 0 Å². The van der Waals surface area contributed by atoms with Gasteiger partial charge in [0.15, 0.2) is 0 Å². The summed E-state index contributed by atoms with van der Waals surface area (Å²) < 4.78 is 10.2. The molecule has 0 bridgehead atoms. The molecule has 0 saturated carbocycles. The van der Waals surface area contributed by atoms with Crippen LogP contribution in [0.15, 0.2) is 0 Å². The second kappa shape index (κ2) is 7.09. The molecule has 1 unspecified atom stereocenters. The first-order valence-electron chi connectivity index (χ1n) is 7.15. The number of carbonyl (C=O) groups is 3. The van der Waals surface area contributed by atoms with Crippen molar-refractivity contribution in [2.24, 2.45) is 5.73 Å². The monoisotopic (exact) mass is 317 g/mol. The average molecular weight is 317 g/mol. The van der Waals surface area contributed by atoms with E-state index >= 15 is 0 Å². The van der Waals surface area contributed by atoms with E-state index in [2.05, 4.69) is 0 Å². The van der Waals surface area contributed by atoms with Crippen LogP contribution >= 0.6 is 0 Å². The van der Waals surface area contributed by atoms with E-state index in [-0.39, 0.29) is 19.3 Å². The Hall–Kier alpha value is -1.63. The molecule has 128 valence electrons. The molecule has 1 atom stereocenters. The van der Waals surface area contributed by atoms with Gasteiger partial charge in [-0.3, -0.25) is 4.79 Å². The molecule has 0 aromatic carbocycles. The van der Waals surface area contributed by atoms with Gasteiger partial charge >= 0.3 is 17.9 Å². The molecular weight excluding hydrogens is 290 g/mol. The molecule has 0 fully saturated rings. The third-order valence-corrected chi connectivity index (χ3v) is 2.52. The summed E-state index contributed by atoms with van der Waals surface area (Å²) in [4.78, 5) is 34.9. The number of esters is 2. The van der Waals surface area contributed by atoms with Crippen molar-refractivity contribution in [1.82, 2.24) is 0 Å². The lowest BCUT2D eigenvalue weighted by molar-refractivity contribution is -0.170. The Bertz CT molecular complexity index is 432. The third-order valence-electron chi connectivity index (χ3n) is 2.52. The van der Waals surface area contributed by atoms with Crippen LogP contribution in [-0.4, -0.2) is 39.8 Å². The number of hydrogen-bond donors (Lipinski definition) is 2. The molecule has 0 rings (SSSR count). The molecule has 0 amide bonds. The predicted molar refractivity (Wildman–Crippen MR) is 80.1 cm³/mol. The topological polar surface area (TPSA) is 116 Å². The second-order valence-electron chi connectivity index (χ2n) is 7.22. The highest BCUT2D eigenvalue weighted by Gasteiger charge is 2.45. The van der Waals surface area contributed by atoms with E-state index in [0.29, 0.717) is 0 Å². The van der Waals surface area contributed by atoms with Crippen LogP contribution in [0.3, 0.4) is 0 Å². The number of ether oxygens (including phenoxy) is 2. The molecule has 0 spiro atoms. The number of nitrogens with two attached hydrogens (primary N) is 1. The summed E-state index contributed by atoms with van der Waals surface area (Å²) in [5.74, 6) is -2.97. The van der Waals surface area contributed by atoms with Crippen molar-refractivity contribution in [3.05, 3.63) is 0 Å². The first kappa shape index (κ1) is 20.4. The molecular formula is C15H27NO6. The van der Waals surface area contributed by atoms with Gasteiger partial charge in [0, 0.05) is 6.42 Å². The smallest absolute Gasteiger partial charge is 0.338 e. The first-order chi connectivity index (χ1) is 9.67. The molecule has 3 N–H and O–H groups in total. The minimum absolute atomic E-state index is 0.0215. The lowest BCUT2D eigenvalue weighted by Crippen LogP contribution is -2.57. The summed E-state index contributed by atoms with van der Waals surface area (Å²) in [5, 5.41) is 9.21. The molecule has 0 heterocycles. The molecule has 7 nitrogen and oxygen atoms in total. The van der Waals surface area contributed by atoms with Crippen LogP contribution in [0.5, 0.6) is 0 Å². The summed E-state index contributed by atoms with van der Waals surface area (Å²) in [5.41, 5.74) is 2.05. The van der Waals surface area contributed by atoms with E-state index in [1.807, 2.05) is 0 Å². The standard InChI is InChI=1S/C15H27NO6/c1-13(2,3)21-10(17)8-7-9-15(16,11(18)19)12(20)22-14(4,5)6/h7-9,16H2,1-6H3,(H,18,19). The summed E-state index contributed by atoms with van der Waals surface area (Å²) in [6.07, 6.45) is -0.125. The Morgan fingerprint density at radius 2 is 1.41 bits per heavy atom. The number of carboxylic acids is 1. The van der Waals surface area contributed by atoms with Gasteiger partial charge in [0.1, 0.15) is 11.2 Å². The summed E-state index contributed by atoms with van der Waals surface area (Å²) in [6.45, 7) is 10.1. The Balaban J connectivity index is 4.69. The zero-order valence-corrected chi connectivity index (χ0v) is 14.2. The largest absolute Gasteiger partial charge is 0.479 e. The van der Waals surface area contributed by atoms with Crippen LogP contribution in [0.2, 0.25) is 0 Å². The van der Waals surface area contributed by atoms with E-state index in [1.54, 1.807) is 41.5 Å². The fourth-order valence-electron chi connectivity index (χ4n) is 1.57. The SMILES string of the molecule is CC(C)(C)OC(=O)CCCC(N)(C(=O)O)C(=O)OC(C)(C)C. The molecule has 0 saturated heterocycles. The van der Waals surface area contributed by atoms with E-state index in [1.165, 1.54) is 0 Å². The van der Waals surface area contributed by atoms with E-state index in [9.17, 15) is 19.5 Å². The maximum Gasteiger partial charge on any atom is 0.338 e. The molecule has 0 aromatic heterocycles. The minimum Gasteiger partial charge on any atom is -0.479 e. The first-order valence-corrected chi connectivity index (χ1v) is 7.15. The number of carboxylic acid groups (broad SMARTS) is 1. The highest BCUT2D eigenvalue weighted by molar-refractivity contribution is 6.03. The Labute approximate surface area is 131 Å². The van der Waals surface area contributed by atoms with Crippen LogP contribution in [0.1, 0.15) is 60.8 Å². The Morgan fingerprint density at radius 1 is 0.955 bits per heavy atom. The molecule has 0 aliphatic heterocycles. The van der Waals surface area contributed by atoms with Crippen molar-refractivity contribution in [3.8, 4) is 0 Å². The van der Waals surface area contributed by atoms with E-state index in [0.717, 1.165) is 0 Å². The molecule has 22 heavy (non-hydrogen) atoms. The number of hydrogen-bond acceptors (Lipinski definition) is 6. The van der Waals surface area contributed by atoms with E-state index < -0.39 is 34.6 Å². The zero-order valence-electron chi connectivity index (χ0n) is 14.2. The maximum atomic E-state index is 12.0. The third kappa shape index (κ3) is 7.40. The summed E-state index contributed by atoms with van der Waals surface area (Å²) in [7, 11) is 0.